The third-order valence-corrected chi connectivity index (χ3v) is 5.47. The van der Waals surface area contributed by atoms with Crippen molar-refractivity contribution in [2.75, 3.05) is 23.3 Å². The van der Waals surface area contributed by atoms with Crippen LogP contribution in [0.3, 0.4) is 0 Å². The Bertz CT molecular complexity index is 1020. The Balaban J connectivity index is 1.40. The molecule has 1 aliphatic carbocycles. The van der Waals surface area contributed by atoms with Crippen molar-refractivity contribution in [1.29, 1.82) is 0 Å². The minimum Gasteiger partial charge on any atom is -0.431 e. The van der Waals surface area contributed by atoms with Crippen LogP contribution >= 0.6 is 0 Å². The molecule has 0 bridgehead atoms. The Hall–Kier alpha value is -2.83. The van der Waals surface area contributed by atoms with Gasteiger partial charge in [0.15, 0.2) is 5.69 Å². The van der Waals surface area contributed by atoms with Gasteiger partial charge in [-0.15, -0.1) is 0 Å². The maximum Gasteiger partial charge on any atom is 0.297 e. The molecule has 140 valence electrons. The summed E-state index contributed by atoms with van der Waals surface area (Å²) >= 11 is 0. The van der Waals surface area contributed by atoms with Crippen LogP contribution < -0.4 is 10.2 Å². The molecule has 5 rings (SSSR count). The molecule has 2 fully saturated rings. The van der Waals surface area contributed by atoms with E-state index < -0.39 is 0 Å². The zero-order valence-corrected chi connectivity index (χ0v) is 15.6. The second-order valence-corrected chi connectivity index (χ2v) is 7.88. The molecular weight excluding hydrogens is 342 g/mol. The number of fused-ring (bicyclic) bond motifs is 1. The number of rotatable bonds is 4. The number of benzene rings is 1. The molecule has 7 heteroatoms. The van der Waals surface area contributed by atoms with Crippen LogP contribution in [0.5, 0.6) is 0 Å². The van der Waals surface area contributed by atoms with Gasteiger partial charge in [-0.1, -0.05) is 6.92 Å². The molecule has 0 radical (unpaired) electrons. The molecule has 1 aromatic carbocycles. The normalized spacial score (nSPS) is 19.8. The highest BCUT2D eigenvalue weighted by Gasteiger charge is 2.28. The van der Waals surface area contributed by atoms with Crippen LogP contribution in [-0.4, -0.2) is 33.8 Å². The standard InChI is InChI=1S/C20H23N5O2/c1-12-5-6-25(9-12)20-22-18(11-27-20)19(26)21-17-7-14-10-24(2)23-16(14)8-15(17)13-3-4-13/h7-8,10-13H,3-6,9H2,1-2H3,(H,21,26). The third kappa shape index (κ3) is 3.07. The average molecular weight is 365 g/mol. The molecule has 0 spiro atoms. The number of carbonyl (C=O) groups is 1. The monoisotopic (exact) mass is 365 g/mol. The Labute approximate surface area is 157 Å². The summed E-state index contributed by atoms with van der Waals surface area (Å²) in [4.78, 5) is 19.3. The summed E-state index contributed by atoms with van der Waals surface area (Å²) in [6, 6.07) is 4.65. The summed E-state index contributed by atoms with van der Waals surface area (Å²) in [6.07, 6.45) is 6.85. The molecule has 1 atom stereocenters. The number of amides is 1. The highest BCUT2D eigenvalue weighted by atomic mass is 16.4. The van der Waals surface area contributed by atoms with Crippen LogP contribution in [-0.2, 0) is 7.05 Å². The first-order valence-corrected chi connectivity index (χ1v) is 9.56. The van der Waals surface area contributed by atoms with Gasteiger partial charge in [-0.05, 0) is 48.8 Å². The Morgan fingerprint density at radius 3 is 2.89 bits per heavy atom. The third-order valence-electron chi connectivity index (χ3n) is 5.47. The molecule has 2 aliphatic rings. The lowest BCUT2D eigenvalue weighted by atomic mass is 10.1. The summed E-state index contributed by atoms with van der Waals surface area (Å²) in [5.74, 6) is 0.898. The van der Waals surface area contributed by atoms with E-state index in [4.69, 9.17) is 4.42 Å². The van der Waals surface area contributed by atoms with Gasteiger partial charge in [-0.25, -0.2) is 0 Å². The highest BCUT2D eigenvalue weighted by Crippen LogP contribution is 2.44. The van der Waals surface area contributed by atoms with E-state index in [1.807, 2.05) is 19.3 Å². The topological polar surface area (TPSA) is 76.2 Å². The van der Waals surface area contributed by atoms with Crippen molar-refractivity contribution in [3.05, 3.63) is 35.9 Å². The number of aryl methyl sites for hydroxylation is 1. The number of aromatic nitrogens is 3. The fraction of sp³-hybridized carbons (Fsp3) is 0.450. The lowest BCUT2D eigenvalue weighted by Crippen LogP contribution is -2.20. The molecule has 1 aliphatic heterocycles. The minimum absolute atomic E-state index is 0.234. The summed E-state index contributed by atoms with van der Waals surface area (Å²) in [5, 5.41) is 8.55. The molecule has 3 aromatic rings. The van der Waals surface area contributed by atoms with Gasteiger partial charge in [-0.2, -0.15) is 10.1 Å². The van der Waals surface area contributed by atoms with E-state index >= 15 is 0 Å². The van der Waals surface area contributed by atoms with E-state index in [9.17, 15) is 4.79 Å². The van der Waals surface area contributed by atoms with Crippen molar-refractivity contribution < 1.29 is 9.21 Å². The van der Waals surface area contributed by atoms with E-state index in [0.717, 1.165) is 54.5 Å². The van der Waals surface area contributed by atoms with Crippen LogP contribution in [0, 0.1) is 5.92 Å². The lowest BCUT2D eigenvalue weighted by Gasteiger charge is -2.11. The Kier molecular flexibility index (Phi) is 3.70. The van der Waals surface area contributed by atoms with Crippen molar-refractivity contribution in [2.24, 2.45) is 13.0 Å². The molecule has 2 aromatic heterocycles. The van der Waals surface area contributed by atoms with Crippen molar-refractivity contribution in [3.8, 4) is 0 Å². The van der Waals surface area contributed by atoms with Crippen LogP contribution in [0.4, 0.5) is 11.7 Å². The molecule has 1 unspecified atom stereocenters. The van der Waals surface area contributed by atoms with E-state index in [1.165, 1.54) is 6.26 Å². The van der Waals surface area contributed by atoms with Gasteiger partial charge >= 0.3 is 0 Å². The fourth-order valence-electron chi connectivity index (χ4n) is 3.86. The van der Waals surface area contributed by atoms with Gasteiger partial charge in [0.05, 0.1) is 5.52 Å². The van der Waals surface area contributed by atoms with E-state index in [1.54, 1.807) is 4.68 Å². The molecule has 1 amide bonds. The first-order valence-electron chi connectivity index (χ1n) is 9.56. The van der Waals surface area contributed by atoms with E-state index in [0.29, 0.717) is 23.5 Å². The molecule has 7 nitrogen and oxygen atoms in total. The van der Waals surface area contributed by atoms with Crippen LogP contribution in [0.15, 0.2) is 29.0 Å². The molecule has 1 saturated heterocycles. The van der Waals surface area contributed by atoms with Crippen molar-refractivity contribution in [3.63, 3.8) is 0 Å². The van der Waals surface area contributed by atoms with Crippen LogP contribution in [0.1, 0.15) is 48.2 Å². The predicted molar refractivity (Wildman–Crippen MR) is 103 cm³/mol. The highest BCUT2D eigenvalue weighted by molar-refractivity contribution is 6.04. The van der Waals surface area contributed by atoms with Crippen LogP contribution in [0.2, 0.25) is 0 Å². The second-order valence-electron chi connectivity index (χ2n) is 7.88. The Morgan fingerprint density at radius 2 is 2.15 bits per heavy atom. The maximum absolute atomic E-state index is 12.8. The second kappa shape index (κ2) is 6.11. The fourth-order valence-corrected chi connectivity index (χ4v) is 3.86. The molecule has 27 heavy (non-hydrogen) atoms. The van der Waals surface area contributed by atoms with E-state index in [-0.39, 0.29) is 5.91 Å². The molecule has 1 N–H and O–H groups in total. The average Bonchev–Trinajstić information content (AvgIpc) is 3.03. The molecular formula is C20H23N5O2. The number of carbonyl (C=O) groups excluding carboxylic acids is 1. The lowest BCUT2D eigenvalue weighted by molar-refractivity contribution is 0.102. The van der Waals surface area contributed by atoms with Gasteiger partial charge < -0.3 is 14.6 Å². The smallest absolute Gasteiger partial charge is 0.297 e. The minimum atomic E-state index is -0.234. The zero-order chi connectivity index (χ0) is 18.5. The van der Waals surface area contributed by atoms with Crippen molar-refractivity contribution in [2.45, 2.75) is 32.1 Å². The van der Waals surface area contributed by atoms with E-state index in [2.05, 4.69) is 33.3 Å². The van der Waals surface area contributed by atoms with Crippen LogP contribution in [0.25, 0.3) is 10.9 Å². The van der Waals surface area contributed by atoms with Crippen molar-refractivity contribution >= 4 is 28.5 Å². The number of oxazole rings is 1. The number of hydrogen-bond donors (Lipinski definition) is 1. The summed E-state index contributed by atoms with van der Waals surface area (Å²) in [7, 11) is 1.91. The zero-order valence-electron chi connectivity index (χ0n) is 15.6. The van der Waals surface area contributed by atoms with Gasteiger partial charge in [-0.3, -0.25) is 9.48 Å². The molecule has 1 saturated carbocycles. The molecule has 3 heterocycles. The number of nitrogens with one attached hydrogen (secondary N) is 1. The van der Waals surface area contributed by atoms with Gasteiger partial charge in [0, 0.05) is 37.4 Å². The number of nitrogens with zero attached hydrogens (tertiary/aromatic N) is 4. The van der Waals surface area contributed by atoms with Crippen molar-refractivity contribution in [1.82, 2.24) is 14.8 Å². The Morgan fingerprint density at radius 1 is 1.30 bits per heavy atom. The summed E-state index contributed by atoms with van der Waals surface area (Å²) in [5.41, 5.74) is 3.29. The summed E-state index contributed by atoms with van der Waals surface area (Å²) in [6.45, 7) is 4.06. The quantitative estimate of drug-likeness (QED) is 0.765. The first-order chi connectivity index (χ1) is 13.1. The van der Waals surface area contributed by atoms with Gasteiger partial charge in [0.25, 0.3) is 11.9 Å². The predicted octanol–water partition coefficient (Wildman–Crippen LogP) is 3.54. The number of anilines is 2. The first kappa shape index (κ1) is 16.4. The van der Waals surface area contributed by atoms with Gasteiger partial charge in [0.2, 0.25) is 0 Å². The maximum atomic E-state index is 12.8. The largest absolute Gasteiger partial charge is 0.431 e. The number of hydrogen-bond acceptors (Lipinski definition) is 5. The SMILES string of the molecule is CC1CCN(c2nc(C(=O)Nc3cc4cn(C)nc4cc3C3CC3)co2)C1. The summed E-state index contributed by atoms with van der Waals surface area (Å²) < 4.78 is 7.36. The van der Waals surface area contributed by atoms with Gasteiger partial charge in [0.1, 0.15) is 6.26 Å².